The molecule has 1 N–H and O–H groups in total. The van der Waals surface area contributed by atoms with Gasteiger partial charge in [0.1, 0.15) is 6.04 Å². The first kappa shape index (κ1) is 13.6. The molecule has 1 aromatic carbocycles. The lowest BCUT2D eigenvalue weighted by Gasteiger charge is -2.37. The summed E-state index contributed by atoms with van der Waals surface area (Å²) in [6, 6.07) is 8.64. The molecule has 0 unspecified atom stereocenters. The van der Waals surface area contributed by atoms with E-state index >= 15 is 0 Å². The zero-order valence-electron chi connectivity index (χ0n) is 10.7. The number of ether oxygens (including phenoxy) is 1. The normalized spacial score (nSPS) is 24.2. The predicted octanol–water partition coefficient (Wildman–Crippen LogP) is 2.85. The molecule has 2 rings (SSSR count). The minimum Gasteiger partial charge on any atom is -0.468 e. The van der Waals surface area contributed by atoms with Gasteiger partial charge in [0.2, 0.25) is 0 Å². The molecule has 0 aromatic heterocycles. The fraction of sp³-hybridized carbons (Fsp3) is 0.500. The Balaban J connectivity index is 1.82. The number of halogens is 1. The largest absolute Gasteiger partial charge is 0.468 e. The van der Waals surface area contributed by atoms with Crippen LogP contribution in [0.5, 0.6) is 0 Å². The van der Waals surface area contributed by atoms with Crippen molar-refractivity contribution in [3.05, 3.63) is 34.3 Å². The van der Waals surface area contributed by atoms with Crippen molar-refractivity contribution < 1.29 is 9.53 Å². The molecule has 0 bridgehead atoms. The Bertz CT molecular complexity index is 430. The lowest BCUT2D eigenvalue weighted by molar-refractivity contribution is -0.143. The number of methoxy groups -OCH3 is 1. The first-order valence-corrected chi connectivity index (χ1v) is 6.98. The number of esters is 1. The molecular formula is C14H18BrNO2. The number of carbonyl (C=O) groups excluding carboxylic acids is 1. The van der Waals surface area contributed by atoms with Gasteiger partial charge in [0, 0.05) is 10.5 Å². The van der Waals surface area contributed by atoms with Crippen LogP contribution < -0.4 is 5.32 Å². The number of rotatable bonds is 4. The zero-order valence-corrected chi connectivity index (χ0v) is 12.2. The molecule has 1 saturated carbocycles. The summed E-state index contributed by atoms with van der Waals surface area (Å²) < 4.78 is 5.83. The van der Waals surface area contributed by atoms with Crippen LogP contribution in [-0.4, -0.2) is 25.2 Å². The molecule has 1 aliphatic rings. The van der Waals surface area contributed by atoms with Crippen molar-refractivity contribution in [1.82, 2.24) is 5.32 Å². The van der Waals surface area contributed by atoms with Gasteiger partial charge in [-0.15, -0.1) is 0 Å². The highest BCUT2D eigenvalue weighted by Gasteiger charge is 2.32. The van der Waals surface area contributed by atoms with Crippen LogP contribution in [0.2, 0.25) is 0 Å². The third-order valence-electron chi connectivity index (χ3n) is 3.50. The van der Waals surface area contributed by atoms with E-state index in [4.69, 9.17) is 4.74 Å². The van der Waals surface area contributed by atoms with Gasteiger partial charge in [0.05, 0.1) is 7.11 Å². The fourth-order valence-electron chi connectivity index (χ4n) is 2.38. The molecule has 1 fully saturated rings. The molecule has 0 saturated heterocycles. The van der Waals surface area contributed by atoms with Crippen molar-refractivity contribution in [3.8, 4) is 0 Å². The number of benzene rings is 1. The van der Waals surface area contributed by atoms with E-state index in [1.54, 1.807) is 0 Å². The third kappa shape index (κ3) is 3.12. The third-order valence-corrected chi connectivity index (χ3v) is 3.99. The molecular weight excluding hydrogens is 294 g/mol. The topological polar surface area (TPSA) is 38.3 Å². The average molecular weight is 312 g/mol. The molecule has 98 valence electrons. The number of hydrogen-bond acceptors (Lipinski definition) is 3. The minimum atomic E-state index is -0.219. The van der Waals surface area contributed by atoms with Gasteiger partial charge in [-0.1, -0.05) is 28.1 Å². The standard InChI is InChI=1S/C14H18BrNO2/c1-9(14(17)18-2)16-13-7-11(8-13)10-4-3-5-12(15)6-10/h3-6,9,11,13,16H,7-8H2,1-2H3/t9-,11?,13?/m0/s1. The lowest BCUT2D eigenvalue weighted by Crippen LogP contribution is -2.47. The Kier molecular flexibility index (Phi) is 4.40. The van der Waals surface area contributed by atoms with E-state index in [-0.39, 0.29) is 12.0 Å². The summed E-state index contributed by atoms with van der Waals surface area (Å²) in [6.45, 7) is 1.85. The molecule has 1 aliphatic carbocycles. The molecule has 1 aromatic rings. The minimum absolute atomic E-state index is 0.194. The molecule has 4 heteroatoms. The van der Waals surface area contributed by atoms with E-state index in [1.807, 2.05) is 13.0 Å². The molecule has 0 spiro atoms. The van der Waals surface area contributed by atoms with Crippen molar-refractivity contribution in [1.29, 1.82) is 0 Å². The van der Waals surface area contributed by atoms with Gasteiger partial charge in [-0.2, -0.15) is 0 Å². The van der Waals surface area contributed by atoms with E-state index in [1.165, 1.54) is 12.7 Å². The first-order valence-electron chi connectivity index (χ1n) is 6.19. The van der Waals surface area contributed by atoms with Crippen molar-refractivity contribution >= 4 is 21.9 Å². The first-order chi connectivity index (χ1) is 8.60. The van der Waals surface area contributed by atoms with Gasteiger partial charge in [-0.05, 0) is 43.4 Å². The van der Waals surface area contributed by atoms with Crippen LogP contribution in [0.1, 0.15) is 31.2 Å². The Morgan fingerprint density at radius 3 is 2.83 bits per heavy atom. The summed E-state index contributed by atoms with van der Waals surface area (Å²) in [5.74, 6) is 0.408. The van der Waals surface area contributed by atoms with Crippen LogP contribution in [-0.2, 0) is 9.53 Å². The van der Waals surface area contributed by atoms with Crippen molar-refractivity contribution in [3.63, 3.8) is 0 Å². The van der Waals surface area contributed by atoms with Crippen LogP contribution >= 0.6 is 15.9 Å². The van der Waals surface area contributed by atoms with E-state index in [2.05, 4.69) is 39.4 Å². The highest BCUT2D eigenvalue weighted by atomic mass is 79.9. The smallest absolute Gasteiger partial charge is 0.322 e. The number of carbonyl (C=O) groups is 1. The van der Waals surface area contributed by atoms with Gasteiger partial charge in [0.15, 0.2) is 0 Å². The molecule has 0 amide bonds. The molecule has 3 nitrogen and oxygen atoms in total. The quantitative estimate of drug-likeness (QED) is 0.869. The lowest BCUT2D eigenvalue weighted by atomic mass is 9.75. The summed E-state index contributed by atoms with van der Waals surface area (Å²) in [7, 11) is 1.42. The fourth-order valence-corrected chi connectivity index (χ4v) is 2.80. The maximum absolute atomic E-state index is 11.3. The summed E-state index contributed by atoms with van der Waals surface area (Å²) in [4.78, 5) is 11.3. The number of nitrogens with one attached hydrogen (secondary N) is 1. The second kappa shape index (κ2) is 5.85. The van der Waals surface area contributed by atoms with Gasteiger partial charge < -0.3 is 10.1 Å². The van der Waals surface area contributed by atoms with Crippen LogP contribution in [0.4, 0.5) is 0 Å². The Labute approximate surface area is 116 Å². The summed E-state index contributed by atoms with van der Waals surface area (Å²) in [5, 5.41) is 3.30. The molecule has 18 heavy (non-hydrogen) atoms. The summed E-state index contributed by atoms with van der Waals surface area (Å²) in [5.41, 5.74) is 1.37. The predicted molar refractivity (Wildman–Crippen MR) is 74.5 cm³/mol. The second-order valence-corrected chi connectivity index (χ2v) is 5.75. The summed E-state index contributed by atoms with van der Waals surface area (Å²) in [6.07, 6.45) is 2.16. The molecule has 1 atom stereocenters. The van der Waals surface area contributed by atoms with Gasteiger partial charge in [-0.25, -0.2) is 0 Å². The van der Waals surface area contributed by atoms with E-state index < -0.39 is 0 Å². The molecule has 0 aliphatic heterocycles. The Morgan fingerprint density at radius 2 is 2.22 bits per heavy atom. The maximum atomic E-state index is 11.3. The Hall–Kier alpha value is -0.870. The Morgan fingerprint density at radius 1 is 1.50 bits per heavy atom. The van der Waals surface area contributed by atoms with Gasteiger partial charge in [-0.3, -0.25) is 4.79 Å². The van der Waals surface area contributed by atoms with Gasteiger partial charge >= 0.3 is 5.97 Å². The van der Waals surface area contributed by atoms with Crippen LogP contribution in [0, 0.1) is 0 Å². The van der Waals surface area contributed by atoms with Crippen molar-refractivity contribution in [2.24, 2.45) is 0 Å². The van der Waals surface area contributed by atoms with Crippen LogP contribution in [0.25, 0.3) is 0 Å². The number of hydrogen-bond donors (Lipinski definition) is 1. The van der Waals surface area contributed by atoms with Crippen molar-refractivity contribution in [2.75, 3.05) is 7.11 Å². The van der Waals surface area contributed by atoms with Gasteiger partial charge in [0.25, 0.3) is 0 Å². The second-order valence-electron chi connectivity index (χ2n) is 4.83. The highest BCUT2D eigenvalue weighted by molar-refractivity contribution is 9.10. The summed E-state index contributed by atoms with van der Waals surface area (Å²) >= 11 is 3.49. The van der Waals surface area contributed by atoms with Crippen molar-refractivity contribution in [2.45, 2.75) is 37.8 Å². The monoisotopic (exact) mass is 311 g/mol. The van der Waals surface area contributed by atoms with E-state index in [0.717, 1.165) is 17.3 Å². The zero-order chi connectivity index (χ0) is 13.1. The molecule has 0 radical (unpaired) electrons. The van der Waals surface area contributed by atoms with Crippen LogP contribution in [0.15, 0.2) is 28.7 Å². The highest BCUT2D eigenvalue weighted by Crippen LogP contribution is 2.37. The average Bonchev–Trinajstić information content (AvgIpc) is 2.31. The maximum Gasteiger partial charge on any atom is 0.322 e. The SMILES string of the molecule is COC(=O)[C@H](C)NC1CC(c2cccc(Br)c2)C1. The van der Waals surface area contributed by atoms with E-state index in [0.29, 0.717) is 12.0 Å². The van der Waals surface area contributed by atoms with E-state index in [9.17, 15) is 4.79 Å². The molecule has 0 heterocycles. The van der Waals surface area contributed by atoms with Crippen LogP contribution in [0.3, 0.4) is 0 Å².